The Hall–Kier alpha value is -3.69. The molecule has 0 atom stereocenters. The van der Waals surface area contributed by atoms with E-state index in [1.54, 1.807) is 13.0 Å². The van der Waals surface area contributed by atoms with Gasteiger partial charge in [0.05, 0.1) is 35.1 Å². The molecule has 3 aromatic rings. The highest BCUT2D eigenvalue weighted by atomic mass is 19.1. The number of nitrogens with zero attached hydrogens (tertiary/aromatic N) is 3. The molecule has 1 saturated heterocycles. The molecule has 4 rings (SSSR count). The van der Waals surface area contributed by atoms with Crippen molar-refractivity contribution in [1.82, 2.24) is 15.2 Å². The van der Waals surface area contributed by atoms with E-state index in [1.807, 2.05) is 30.3 Å². The number of aryl methyl sites for hydroxylation is 1. The van der Waals surface area contributed by atoms with E-state index < -0.39 is 16.6 Å². The number of pyridine rings is 1. The summed E-state index contributed by atoms with van der Waals surface area (Å²) in [6.45, 7) is 5.66. The molecule has 34 heavy (non-hydrogen) atoms. The van der Waals surface area contributed by atoms with Gasteiger partial charge in [0.25, 0.3) is 11.6 Å². The number of benzene rings is 2. The Kier molecular flexibility index (Phi) is 7.24. The van der Waals surface area contributed by atoms with E-state index >= 15 is 0 Å². The third-order valence-corrected chi connectivity index (χ3v) is 5.77. The van der Waals surface area contributed by atoms with Gasteiger partial charge >= 0.3 is 0 Å². The highest BCUT2D eigenvalue weighted by Crippen LogP contribution is 2.34. The molecule has 1 aliphatic heterocycles. The second-order valence-electron chi connectivity index (χ2n) is 8.01. The molecular formula is C25H25FN4O4. The predicted octanol–water partition coefficient (Wildman–Crippen LogP) is 3.83. The number of aromatic nitrogens is 1. The van der Waals surface area contributed by atoms with Crippen LogP contribution in [0.25, 0.3) is 22.4 Å². The van der Waals surface area contributed by atoms with Gasteiger partial charge in [-0.1, -0.05) is 30.3 Å². The second-order valence-corrected chi connectivity index (χ2v) is 8.01. The number of carbonyl (C=O) groups excluding carboxylic acids is 1. The number of carbonyl (C=O) groups is 1. The normalized spacial score (nSPS) is 14.1. The Bertz CT molecular complexity index is 1200. The smallest absolute Gasteiger partial charge is 0.270 e. The number of non-ortho nitro benzene ring substituents is 1. The number of morpholine rings is 1. The Morgan fingerprint density at radius 1 is 1.15 bits per heavy atom. The van der Waals surface area contributed by atoms with Crippen molar-refractivity contribution in [2.24, 2.45) is 0 Å². The molecule has 1 fully saturated rings. The van der Waals surface area contributed by atoms with Crippen LogP contribution in [0.4, 0.5) is 10.1 Å². The fraction of sp³-hybridized carbons (Fsp3) is 0.280. The maximum Gasteiger partial charge on any atom is 0.270 e. The van der Waals surface area contributed by atoms with Crippen LogP contribution in [0.5, 0.6) is 0 Å². The van der Waals surface area contributed by atoms with E-state index in [9.17, 15) is 19.3 Å². The van der Waals surface area contributed by atoms with Gasteiger partial charge in [0, 0.05) is 55.0 Å². The number of nitrogens with one attached hydrogen (secondary N) is 1. The van der Waals surface area contributed by atoms with Gasteiger partial charge in [-0.2, -0.15) is 0 Å². The Labute approximate surface area is 196 Å². The first-order valence-corrected chi connectivity index (χ1v) is 11.0. The molecule has 0 radical (unpaired) electrons. The van der Waals surface area contributed by atoms with Gasteiger partial charge in [-0.25, -0.2) is 4.39 Å². The van der Waals surface area contributed by atoms with Crippen molar-refractivity contribution in [3.05, 3.63) is 81.8 Å². The van der Waals surface area contributed by atoms with Crippen molar-refractivity contribution < 1.29 is 18.8 Å². The van der Waals surface area contributed by atoms with E-state index in [0.717, 1.165) is 36.9 Å². The molecule has 2 aromatic carbocycles. The number of ether oxygens (including phenoxy) is 1. The summed E-state index contributed by atoms with van der Waals surface area (Å²) in [4.78, 5) is 30.8. The van der Waals surface area contributed by atoms with Gasteiger partial charge in [-0.05, 0) is 19.1 Å². The zero-order valence-corrected chi connectivity index (χ0v) is 18.8. The van der Waals surface area contributed by atoms with Crippen LogP contribution < -0.4 is 5.32 Å². The van der Waals surface area contributed by atoms with Crippen molar-refractivity contribution in [3.63, 3.8) is 0 Å². The maximum atomic E-state index is 14.9. The van der Waals surface area contributed by atoms with Gasteiger partial charge in [0.2, 0.25) is 0 Å². The number of hydrogen-bond acceptors (Lipinski definition) is 6. The molecule has 1 N–H and O–H groups in total. The molecule has 176 valence electrons. The fourth-order valence-electron chi connectivity index (χ4n) is 4.00. The fourth-order valence-corrected chi connectivity index (χ4v) is 4.00. The van der Waals surface area contributed by atoms with Crippen LogP contribution in [0.15, 0.2) is 54.6 Å². The summed E-state index contributed by atoms with van der Waals surface area (Å²) in [6.07, 6.45) is 0. The van der Waals surface area contributed by atoms with Gasteiger partial charge in [0.1, 0.15) is 5.82 Å². The minimum absolute atomic E-state index is 0.0183. The highest BCUT2D eigenvalue weighted by molar-refractivity contribution is 6.02. The average Bonchev–Trinajstić information content (AvgIpc) is 2.85. The Morgan fingerprint density at radius 2 is 1.88 bits per heavy atom. The van der Waals surface area contributed by atoms with Crippen LogP contribution in [0.1, 0.15) is 16.1 Å². The molecule has 0 aliphatic carbocycles. The first kappa shape index (κ1) is 23.5. The summed E-state index contributed by atoms with van der Waals surface area (Å²) in [5, 5.41) is 14.2. The van der Waals surface area contributed by atoms with Crippen molar-refractivity contribution in [2.45, 2.75) is 6.92 Å². The third kappa shape index (κ3) is 5.27. The lowest BCUT2D eigenvalue weighted by molar-refractivity contribution is -0.384. The Balaban J connectivity index is 1.72. The van der Waals surface area contributed by atoms with E-state index in [-0.39, 0.29) is 22.4 Å². The quantitative estimate of drug-likeness (QED) is 0.422. The molecular weight excluding hydrogens is 439 g/mol. The monoisotopic (exact) mass is 464 g/mol. The SMILES string of the molecule is Cc1nc(-c2ccccc2)cc(-c2cc([N+](=O)[O-])ccc2F)c1C(=O)NCCN1CCOCC1. The van der Waals surface area contributed by atoms with Crippen LogP contribution in [0, 0.1) is 22.9 Å². The van der Waals surface area contributed by atoms with Gasteiger partial charge < -0.3 is 10.1 Å². The first-order valence-electron chi connectivity index (χ1n) is 11.0. The summed E-state index contributed by atoms with van der Waals surface area (Å²) < 4.78 is 20.3. The van der Waals surface area contributed by atoms with Crippen molar-refractivity contribution in [3.8, 4) is 22.4 Å². The topological polar surface area (TPSA) is 97.6 Å². The molecule has 2 heterocycles. The zero-order valence-electron chi connectivity index (χ0n) is 18.8. The Morgan fingerprint density at radius 3 is 2.59 bits per heavy atom. The second kappa shape index (κ2) is 10.5. The number of amides is 1. The van der Waals surface area contributed by atoms with E-state index in [4.69, 9.17) is 4.74 Å². The molecule has 0 spiro atoms. The molecule has 1 amide bonds. The molecule has 0 bridgehead atoms. The summed E-state index contributed by atoms with van der Waals surface area (Å²) in [7, 11) is 0. The third-order valence-electron chi connectivity index (χ3n) is 5.77. The first-order chi connectivity index (χ1) is 16.4. The zero-order chi connectivity index (χ0) is 24.1. The van der Waals surface area contributed by atoms with E-state index in [1.165, 1.54) is 0 Å². The summed E-state index contributed by atoms with van der Waals surface area (Å²) in [5.41, 5.74) is 1.92. The lowest BCUT2D eigenvalue weighted by Gasteiger charge is -2.26. The van der Waals surface area contributed by atoms with Gasteiger partial charge in [-0.15, -0.1) is 0 Å². The number of hydrogen-bond donors (Lipinski definition) is 1. The summed E-state index contributed by atoms with van der Waals surface area (Å²) in [6, 6.07) is 14.2. The number of nitro benzene ring substituents is 1. The minimum atomic E-state index is -0.655. The van der Waals surface area contributed by atoms with Crippen molar-refractivity contribution >= 4 is 11.6 Å². The van der Waals surface area contributed by atoms with Crippen LogP contribution in [0.3, 0.4) is 0 Å². The number of nitro groups is 1. The number of rotatable bonds is 7. The van der Waals surface area contributed by atoms with Crippen molar-refractivity contribution in [1.29, 1.82) is 0 Å². The van der Waals surface area contributed by atoms with Crippen molar-refractivity contribution in [2.75, 3.05) is 39.4 Å². The molecule has 0 saturated carbocycles. The van der Waals surface area contributed by atoms with Crippen LogP contribution >= 0.6 is 0 Å². The molecule has 9 heteroatoms. The van der Waals surface area contributed by atoms with E-state index in [2.05, 4.69) is 15.2 Å². The summed E-state index contributed by atoms with van der Waals surface area (Å²) in [5.74, 6) is -1.06. The molecule has 1 aliphatic rings. The molecule has 0 unspecified atom stereocenters. The van der Waals surface area contributed by atoms with Crippen LogP contribution in [0.2, 0.25) is 0 Å². The predicted molar refractivity (Wildman–Crippen MR) is 126 cm³/mol. The minimum Gasteiger partial charge on any atom is -0.379 e. The number of halogens is 1. The maximum absolute atomic E-state index is 14.9. The standard InChI is InChI=1S/C25H25FN4O4/c1-17-24(25(31)27-9-10-29-11-13-34-14-12-29)21(16-23(28-17)18-5-3-2-4-6-18)20-15-19(30(32)33)7-8-22(20)26/h2-8,15-16H,9-14H2,1H3,(H,27,31). The lowest BCUT2D eigenvalue weighted by Crippen LogP contribution is -2.41. The molecule has 1 aromatic heterocycles. The van der Waals surface area contributed by atoms with E-state index in [0.29, 0.717) is 37.7 Å². The van der Waals surface area contributed by atoms with Gasteiger partial charge in [0.15, 0.2) is 0 Å². The van der Waals surface area contributed by atoms with Gasteiger partial charge in [-0.3, -0.25) is 24.8 Å². The summed E-state index contributed by atoms with van der Waals surface area (Å²) >= 11 is 0. The van der Waals surface area contributed by atoms with Crippen LogP contribution in [-0.4, -0.2) is 60.1 Å². The molecule has 8 nitrogen and oxygen atoms in total. The largest absolute Gasteiger partial charge is 0.379 e. The lowest BCUT2D eigenvalue weighted by atomic mass is 9.95. The highest BCUT2D eigenvalue weighted by Gasteiger charge is 2.23. The van der Waals surface area contributed by atoms with Crippen LogP contribution in [-0.2, 0) is 4.74 Å². The average molecular weight is 464 g/mol.